The van der Waals surface area contributed by atoms with E-state index < -0.39 is 0 Å². The van der Waals surface area contributed by atoms with E-state index in [1.165, 1.54) is 32.1 Å². The fourth-order valence-electron chi connectivity index (χ4n) is 2.74. The number of likely N-dealkylation sites (tertiary alicyclic amines) is 1. The number of rotatable bonds is 5. The first-order valence-corrected chi connectivity index (χ1v) is 7.46. The van der Waals surface area contributed by atoms with Crippen LogP contribution in [0.3, 0.4) is 0 Å². The van der Waals surface area contributed by atoms with Gasteiger partial charge in [-0.15, -0.1) is 0 Å². The number of hydrogen-bond acceptors (Lipinski definition) is 3. The highest BCUT2D eigenvalue weighted by Crippen LogP contribution is 2.11. The van der Waals surface area contributed by atoms with E-state index >= 15 is 0 Å². The van der Waals surface area contributed by atoms with E-state index in [0.717, 1.165) is 39.2 Å². The molecule has 2 fully saturated rings. The minimum absolute atomic E-state index is 0.316. The van der Waals surface area contributed by atoms with Gasteiger partial charge in [0.25, 0.3) is 0 Å². The summed E-state index contributed by atoms with van der Waals surface area (Å²) in [5, 5.41) is 3.34. The van der Waals surface area contributed by atoms with Crippen molar-refractivity contribution in [3.05, 3.63) is 0 Å². The molecule has 18 heavy (non-hydrogen) atoms. The monoisotopic (exact) mass is 254 g/mol. The van der Waals surface area contributed by atoms with Crippen molar-refractivity contribution in [1.82, 2.24) is 10.2 Å². The Bertz CT molecular complexity index is 244. The lowest BCUT2D eigenvalue weighted by molar-refractivity contribution is -0.131. The van der Waals surface area contributed by atoms with Gasteiger partial charge in [-0.05, 0) is 25.7 Å². The largest absolute Gasteiger partial charge is 0.377 e. The molecule has 0 bridgehead atoms. The average molecular weight is 254 g/mol. The second-order valence-electron chi connectivity index (χ2n) is 5.38. The zero-order valence-electron chi connectivity index (χ0n) is 11.3. The summed E-state index contributed by atoms with van der Waals surface area (Å²) in [6, 6.07) is 0. The Kier molecular flexibility index (Phi) is 5.94. The SMILES string of the molecule is O=C(CCNCC1CCCO1)N1CCCCCC1. The van der Waals surface area contributed by atoms with Crippen molar-refractivity contribution in [1.29, 1.82) is 0 Å². The van der Waals surface area contributed by atoms with Crippen molar-refractivity contribution >= 4 is 5.91 Å². The molecule has 0 saturated carbocycles. The lowest BCUT2D eigenvalue weighted by atomic mass is 10.2. The van der Waals surface area contributed by atoms with Crippen molar-refractivity contribution < 1.29 is 9.53 Å². The van der Waals surface area contributed by atoms with Gasteiger partial charge < -0.3 is 15.0 Å². The Morgan fingerprint density at radius 2 is 1.94 bits per heavy atom. The molecule has 0 radical (unpaired) electrons. The van der Waals surface area contributed by atoms with Crippen LogP contribution in [-0.4, -0.2) is 49.7 Å². The van der Waals surface area contributed by atoms with Gasteiger partial charge in [-0.1, -0.05) is 12.8 Å². The molecule has 1 N–H and O–H groups in total. The third-order valence-electron chi connectivity index (χ3n) is 3.87. The molecule has 1 atom stereocenters. The van der Waals surface area contributed by atoms with Crippen molar-refractivity contribution in [2.45, 2.75) is 51.0 Å². The molecular formula is C14H26N2O2. The number of carbonyl (C=O) groups excluding carboxylic acids is 1. The van der Waals surface area contributed by atoms with Crippen LogP contribution in [0.5, 0.6) is 0 Å². The number of ether oxygens (including phenoxy) is 1. The Balaban J connectivity index is 1.55. The predicted molar refractivity (Wildman–Crippen MR) is 71.5 cm³/mol. The Morgan fingerprint density at radius 3 is 2.61 bits per heavy atom. The molecule has 2 rings (SSSR count). The first kappa shape index (κ1) is 13.8. The zero-order chi connectivity index (χ0) is 12.6. The summed E-state index contributed by atoms with van der Waals surface area (Å²) >= 11 is 0. The van der Waals surface area contributed by atoms with Crippen LogP contribution in [0.2, 0.25) is 0 Å². The van der Waals surface area contributed by atoms with E-state index in [1.54, 1.807) is 0 Å². The lowest BCUT2D eigenvalue weighted by Gasteiger charge is -2.20. The molecule has 0 aromatic heterocycles. The first-order valence-electron chi connectivity index (χ1n) is 7.46. The zero-order valence-corrected chi connectivity index (χ0v) is 11.3. The topological polar surface area (TPSA) is 41.6 Å². The van der Waals surface area contributed by atoms with Crippen LogP contribution in [0, 0.1) is 0 Å². The summed E-state index contributed by atoms with van der Waals surface area (Å²) in [7, 11) is 0. The van der Waals surface area contributed by atoms with Gasteiger partial charge in [-0.2, -0.15) is 0 Å². The number of amides is 1. The molecule has 4 heteroatoms. The molecule has 0 spiro atoms. The summed E-state index contributed by atoms with van der Waals surface area (Å²) < 4.78 is 5.53. The third-order valence-corrected chi connectivity index (χ3v) is 3.87. The fraction of sp³-hybridized carbons (Fsp3) is 0.929. The van der Waals surface area contributed by atoms with Gasteiger partial charge in [0.15, 0.2) is 0 Å². The summed E-state index contributed by atoms with van der Waals surface area (Å²) in [5.41, 5.74) is 0. The van der Waals surface area contributed by atoms with E-state index in [9.17, 15) is 4.79 Å². The summed E-state index contributed by atoms with van der Waals surface area (Å²) in [6.07, 6.45) is 8.25. The highest BCUT2D eigenvalue weighted by Gasteiger charge is 2.16. The Hall–Kier alpha value is -0.610. The summed E-state index contributed by atoms with van der Waals surface area (Å²) in [4.78, 5) is 14.0. The van der Waals surface area contributed by atoms with Gasteiger partial charge in [-0.3, -0.25) is 4.79 Å². The standard InChI is InChI=1S/C14H26N2O2/c17-14(16-9-3-1-2-4-10-16)7-8-15-12-13-6-5-11-18-13/h13,15H,1-12H2. The highest BCUT2D eigenvalue weighted by molar-refractivity contribution is 5.76. The van der Waals surface area contributed by atoms with Crippen molar-refractivity contribution in [2.75, 3.05) is 32.8 Å². The van der Waals surface area contributed by atoms with Gasteiger partial charge in [0.05, 0.1) is 6.10 Å². The maximum Gasteiger partial charge on any atom is 0.223 e. The van der Waals surface area contributed by atoms with Crippen LogP contribution in [0.4, 0.5) is 0 Å². The van der Waals surface area contributed by atoms with Gasteiger partial charge in [-0.25, -0.2) is 0 Å². The second-order valence-corrected chi connectivity index (χ2v) is 5.38. The summed E-state index contributed by atoms with van der Waals surface area (Å²) in [6.45, 7) is 4.51. The van der Waals surface area contributed by atoms with Crippen molar-refractivity contribution in [3.8, 4) is 0 Å². The minimum atomic E-state index is 0.316. The van der Waals surface area contributed by atoms with E-state index in [4.69, 9.17) is 4.74 Å². The Labute approximate surface area is 110 Å². The number of hydrogen-bond donors (Lipinski definition) is 1. The van der Waals surface area contributed by atoms with Gasteiger partial charge in [0, 0.05) is 39.2 Å². The Morgan fingerprint density at radius 1 is 1.17 bits per heavy atom. The van der Waals surface area contributed by atoms with E-state index in [0.29, 0.717) is 18.4 Å². The van der Waals surface area contributed by atoms with E-state index in [2.05, 4.69) is 5.32 Å². The summed E-state index contributed by atoms with van der Waals surface area (Å²) in [5.74, 6) is 0.316. The van der Waals surface area contributed by atoms with Gasteiger partial charge in [0.1, 0.15) is 0 Å². The van der Waals surface area contributed by atoms with Crippen molar-refractivity contribution in [3.63, 3.8) is 0 Å². The van der Waals surface area contributed by atoms with Crippen LogP contribution in [-0.2, 0) is 9.53 Å². The van der Waals surface area contributed by atoms with Crippen LogP contribution < -0.4 is 5.32 Å². The minimum Gasteiger partial charge on any atom is -0.377 e. The maximum atomic E-state index is 12.0. The van der Waals surface area contributed by atoms with Gasteiger partial charge in [0.2, 0.25) is 5.91 Å². The molecule has 1 amide bonds. The van der Waals surface area contributed by atoms with Crippen LogP contribution >= 0.6 is 0 Å². The molecule has 0 aliphatic carbocycles. The van der Waals surface area contributed by atoms with Crippen LogP contribution in [0.15, 0.2) is 0 Å². The number of nitrogens with zero attached hydrogens (tertiary/aromatic N) is 1. The maximum absolute atomic E-state index is 12.0. The van der Waals surface area contributed by atoms with E-state index in [-0.39, 0.29) is 0 Å². The number of carbonyl (C=O) groups is 1. The molecule has 1 unspecified atom stereocenters. The second kappa shape index (κ2) is 7.74. The molecule has 2 aliphatic rings. The molecule has 2 aliphatic heterocycles. The van der Waals surface area contributed by atoms with Crippen LogP contribution in [0.25, 0.3) is 0 Å². The average Bonchev–Trinajstić information content (AvgIpc) is 2.74. The molecular weight excluding hydrogens is 228 g/mol. The third kappa shape index (κ3) is 4.58. The molecule has 4 nitrogen and oxygen atoms in total. The van der Waals surface area contributed by atoms with E-state index in [1.807, 2.05) is 4.90 Å². The highest BCUT2D eigenvalue weighted by atomic mass is 16.5. The lowest BCUT2D eigenvalue weighted by Crippen LogP contribution is -2.35. The van der Waals surface area contributed by atoms with Gasteiger partial charge >= 0.3 is 0 Å². The number of nitrogens with one attached hydrogen (secondary N) is 1. The quantitative estimate of drug-likeness (QED) is 0.757. The molecule has 2 heterocycles. The predicted octanol–water partition coefficient (Wildman–Crippen LogP) is 1.55. The molecule has 104 valence electrons. The fourth-order valence-corrected chi connectivity index (χ4v) is 2.74. The van der Waals surface area contributed by atoms with Crippen LogP contribution in [0.1, 0.15) is 44.9 Å². The molecule has 0 aromatic carbocycles. The molecule has 0 aromatic rings. The van der Waals surface area contributed by atoms with Crippen molar-refractivity contribution in [2.24, 2.45) is 0 Å². The smallest absolute Gasteiger partial charge is 0.223 e. The normalized spacial score (nSPS) is 25.1. The molecule has 2 saturated heterocycles. The first-order chi connectivity index (χ1) is 8.86.